The fourth-order valence-electron chi connectivity index (χ4n) is 1.30. The summed E-state index contributed by atoms with van der Waals surface area (Å²) in [5, 5.41) is 0.580. The third-order valence-electron chi connectivity index (χ3n) is 2.08. The predicted octanol–water partition coefficient (Wildman–Crippen LogP) is 3.11. The van der Waals surface area contributed by atoms with E-state index in [4.69, 9.17) is 11.6 Å². The molecule has 68 valence electrons. The van der Waals surface area contributed by atoms with E-state index in [1.807, 2.05) is 28.9 Å². The van der Waals surface area contributed by atoms with Gasteiger partial charge in [0.15, 0.2) is 5.15 Å². The minimum Gasteiger partial charge on any atom is -0.319 e. The van der Waals surface area contributed by atoms with Gasteiger partial charge in [0.25, 0.3) is 0 Å². The van der Waals surface area contributed by atoms with Crippen molar-refractivity contribution in [2.75, 3.05) is 0 Å². The normalized spacial score (nSPS) is 11.4. The fraction of sp³-hybridized carbons (Fsp3) is 0.300. The lowest BCUT2D eigenvalue weighted by atomic mass is 10.1. The van der Waals surface area contributed by atoms with Crippen LogP contribution in [0.3, 0.4) is 0 Å². The molecule has 0 aliphatic rings. The zero-order valence-electron chi connectivity index (χ0n) is 7.66. The molecule has 0 bridgehead atoms. The van der Waals surface area contributed by atoms with Crippen molar-refractivity contribution < 1.29 is 0 Å². The highest BCUT2D eigenvalue weighted by Gasteiger charge is 2.05. The van der Waals surface area contributed by atoms with Crippen molar-refractivity contribution in [1.82, 2.24) is 9.38 Å². The minimum atomic E-state index is 0.407. The molecule has 2 rings (SSSR count). The maximum absolute atomic E-state index is 6.02. The van der Waals surface area contributed by atoms with E-state index in [1.54, 1.807) is 0 Å². The molecule has 2 aromatic rings. The molecule has 0 radical (unpaired) electrons. The van der Waals surface area contributed by atoms with Crippen molar-refractivity contribution in [2.24, 2.45) is 0 Å². The molecule has 2 aromatic heterocycles. The van der Waals surface area contributed by atoms with E-state index in [1.165, 1.54) is 0 Å². The summed E-state index contributed by atoms with van der Waals surface area (Å²) >= 11 is 6.02. The number of rotatable bonds is 1. The summed E-state index contributed by atoms with van der Waals surface area (Å²) in [6.07, 6.45) is 4.00. The van der Waals surface area contributed by atoms with Crippen LogP contribution in [0.4, 0.5) is 0 Å². The Bertz CT molecular complexity index is 431. The first-order chi connectivity index (χ1) is 6.18. The molecule has 2 nitrogen and oxygen atoms in total. The number of hydrogen-bond donors (Lipinski definition) is 0. The second kappa shape index (κ2) is 3.04. The minimum absolute atomic E-state index is 0.407. The van der Waals surface area contributed by atoms with Gasteiger partial charge in [0.1, 0.15) is 0 Å². The molecule has 0 aromatic carbocycles. The molecule has 0 saturated carbocycles. The molecular formula is C10H11ClN2. The molecule has 0 fully saturated rings. The van der Waals surface area contributed by atoms with Crippen LogP contribution in [0.5, 0.6) is 0 Å². The van der Waals surface area contributed by atoms with E-state index in [-0.39, 0.29) is 0 Å². The lowest BCUT2D eigenvalue weighted by Crippen LogP contribution is -1.96. The average molecular weight is 195 g/mol. The summed E-state index contributed by atoms with van der Waals surface area (Å²) in [6.45, 7) is 4.21. The second-order valence-electron chi connectivity index (χ2n) is 3.41. The number of halogens is 1. The fourth-order valence-corrected chi connectivity index (χ4v) is 1.56. The lowest BCUT2D eigenvalue weighted by Gasteiger charge is -2.06. The monoisotopic (exact) mass is 194 g/mol. The van der Waals surface area contributed by atoms with Gasteiger partial charge in [-0.2, -0.15) is 0 Å². The second-order valence-corrected chi connectivity index (χ2v) is 3.77. The molecule has 3 heteroatoms. The van der Waals surface area contributed by atoms with Crippen molar-refractivity contribution in [3.05, 3.63) is 35.4 Å². The third kappa shape index (κ3) is 1.42. The highest BCUT2D eigenvalue weighted by atomic mass is 35.5. The summed E-state index contributed by atoms with van der Waals surface area (Å²) < 4.78 is 2.00. The molecule has 0 spiro atoms. The van der Waals surface area contributed by atoms with Crippen LogP contribution in [0.25, 0.3) is 5.52 Å². The van der Waals surface area contributed by atoms with E-state index >= 15 is 0 Å². The van der Waals surface area contributed by atoms with Crippen molar-refractivity contribution >= 4 is 17.1 Å². The number of hydrogen-bond acceptors (Lipinski definition) is 1. The van der Waals surface area contributed by atoms with Crippen LogP contribution < -0.4 is 0 Å². The van der Waals surface area contributed by atoms with Crippen molar-refractivity contribution in [3.8, 4) is 0 Å². The maximum Gasteiger partial charge on any atom is 0.153 e. The van der Waals surface area contributed by atoms with Crippen LogP contribution in [0, 0.1) is 0 Å². The number of nitrogens with zero attached hydrogens (tertiary/aromatic N) is 2. The van der Waals surface area contributed by atoms with E-state index in [0.29, 0.717) is 11.1 Å². The zero-order chi connectivity index (χ0) is 9.42. The van der Waals surface area contributed by atoms with Crippen molar-refractivity contribution in [1.29, 1.82) is 0 Å². The Balaban J connectivity index is 2.70. The number of fused-ring (bicyclic) bond motifs is 1. The Hall–Kier alpha value is -1.02. The quantitative estimate of drug-likeness (QED) is 0.682. The Labute approximate surface area is 82.2 Å². The van der Waals surface area contributed by atoms with E-state index in [9.17, 15) is 0 Å². The first-order valence-corrected chi connectivity index (χ1v) is 4.69. The largest absolute Gasteiger partial charge is 0.319 e. The van der Waals surface area contributed by atoms with Gasteiger partial charge in [-0.05, 0) is 18.1 Å². The molecule has 0 N–H and O–H groups in total. The van der Waals surface area contributed by atoms with Gasteiger partial charge >= 0.3 is 0 Å². The van der Waals surface area contributed by atoms with Crippen LogP contribution in [0.15, 0.2) is 24.5 Å². The van der Waals surface area contributed by atoms with Gasteiger partial charge in [-0.25, -0.2) is 4.98 Å². The summed E-state index contributed by atoms with van der Waals surface area (Å²) in [7, 11) is 0. The smallest absolute Gasteiger partial charge is 0.153 e. The van der Waals surface area contributed by atoms with Gasteiger partial charge in [-0.1, -0.05) is 25.4 Å². The molecule has 13 heavy (non-hydrogen) atoms. The van der Waals surface area contributed by atoms with Crippen LogP contribution in [-0.2, 0) is 0 Å². The van der Waals surface area contributed by atoms with Crippen LogP contribution >= 0.6 is 11.6 Å². The number of aromatic nitrogens is 2. The molecule has 0 unspecified atom stereocenters. The zero-order valence-corrected chi connectivity index (χ0v) is 8.42. The SMILES string of the molecule is CC(C)c1cn2cccc2c(Cl)n1. The van der Waals surface area contributed by atoms with Crippen LogP contribution in [0.1, 0.15) is 25.5 Å². The van der Waals surface area contributed by atoms with E-state index in [0.717, 1.165) is 11.2 Å². The first kappa shape index (κ1) is 8.57. The molecule has 2 heterocycles. The standard InChI is InChI=1S/C10H11ClN2/c1-7(2)8-6-13-5-3-4-9(13)10(11)12-8/h3-7H,1-2H3. The summed E-state index contributed by atoms with van der Waals surface area (Å²) in [4.78, 5) is 4.32. The van der Waals surface area contributed by atoms with Crippen LogP contribution in [-0.4, -0.2) is 9.38 Å². The summed E-state index contributed by atoms with van der Waals surface area (Å²) in [5.74, 6) is 0.407. The highest BCUT2D eigenvalue weighted by molar-refractivity contribution is 6.32. The Kier molecular flexibility index (Phi) is 2.00. The average Bonchev–Trinajstić information content (AvgIpc) is 2.51. The molecule has 0 saturated heterocycles. The lowest BCUT2D eigenvalue weighted by molar-refractivity contribution is 0.809. The van der Waals surface area contributed by atoms with Gasteiger partial charge in [0.2, 0.25) is 0 Å². The van der Waals surface area contributed by atoms with Crippen molar-refractivity contribution in [2.45, 2.75) is 19.8 Å². The van der Waals surface area contributed by atoms with Gasteiger partial charge in [0.05, 0.1) is 11.2 Å². The Morgan fingerprint density at radius 1 is 1.46 bits per heavy atom. The Morgan fingerprint density at radius 3 is 2.92 bits per heavy atom. The topological polar surface area (TPSA) is 17.3 Å². The maximum atomic E-state index is 6.02. The van der Waals surface area contributed by atoms with Crippen LogP contribution in [0.2, 0.25) is 5.15 Å². The first-order valence-electron chi connectivity index (χ1n) is 4.31. The predicted molar refractivity (Wildman–Crippen MR) is 54.3 cm³/mol. The molecule has 0 amide bonds. The molecule has 0 atom stereocenters. The molecule has 0 aliphatic heterocycles. The van der Waals surface area contributed by atoms with E-state index < -0.39 is 0 Å². The van der Waals surface area contributed by atoms with E-state index in [2.05, 4.69) is 18.8 Å². The van der Waals surface area contributed by atoms with Gasteiger partial charge < -0.3 is 4.40 Å². The van der Waals surface area contributed by atoms with Gasteiger partial charge in [-0.15, -0.1) is 0 Å². The van der Waals surface area contributed by atoms with Crippen molar-refractivity contribution in [3.63, 3.8) is 0 Å². The van der Waals surface area contributed by atoms with Gasteiger partial charge in [-0.3, -0.25) is 0 Å². The molecular weight excluding hydrogens is 184 g/mol. The third-order valence-corrected chi connectivity index (χ3v) is 2.36. The summed E-state index contributed by atoms with van der Waals surface area (Å²) in [5.41, 5.74) is 1.99. The Morgan fingerprint density at radius 2 is 2.23 bits per heavy atom. The summed E-state index contributed by atoms with van der Waals surface area (Å²) in [6, 6.07) is 3.92. The molecule has 0 aliphatic carbocycles. The van der Waals surface area contributed by atoms with Gasteiger partial charge in [0, 0.05) is 12.4 Å². The highest BCUT2D eigenvalue weighted by Crippen LogP contribution is 2.19.